The van der Waals surface area contributed by atoms with Crippen molar-refractivity contribution in [3.05, 3.63) is 35.1 Å². The molecule has 0 bridgehead atoms. The molecule has 1 aromatic rings. The van der Waals surface area contributed by atoms with Gasteiger partial charge in [-0.15, -0.1) is 0 Å². The summed E-state index contributed by atoms with van der Waals surface area (Å²) >= 11 is 0. The molecule has 1 saturated carbocycles. The van der Waals surface area contributed by atoms with E-state index >= 15 is 0 Å². The van der Waals surface area contributed by atoms with Crippen molar-refractivity contribution >= 4 is 0 Å². The minimum atomic E-state index is -0.290. The largest absolute Gasteiger partial charge is 0.395 e. The summed E-state index contributed by atoms with van der Waals surface area (Å²) in [7, 11) is 0. The van der Waals surface area contributed by atoms with E-state index in [9.17, 15) is 4.39 Å². The van der Waals surface area contributed by atoms with Crippen LogP contribution in [0.15, 0.2) is 18.2 Å². The topological polar surface area (TPSA) is 29.5 Å². The second kappa shape index (κ2) is 8.81. The Bertz CT molecular complexity index is 494. The lowest BCUT2D eigenvalue weighted by Crippen LogP contribution is -2.12. The zero-order valence-corrected chi connectivity index (χ0v) is 12.4. The first-order valence-electron chi connectivity index (χ1n) is 7.79. The average Bonchev–Trinajstić information content (AvgIpc) is 2.75. The molecule has 1 aromatic carbocycles. The van der Waals surface area contributed by atoms with Gasteiger partial charge in [0.05, 0.1) is 19.3 Å². The normalized spacial score (nSPS) is 16.1. The molecule has 0 amide bonds. The van der Waals surface area contributed by atoms with Crippen molar-refractivity contribution in [2.75, 3.05) is 6.61 Å². The SMILES string of the molecule is OCCC#Cc1cc(F)ccc1COC1CCCCCC1. The summed E-state index contributed by atoms with van der Waals surface area (Å²) in [5.41, 5.74) is 1.59. The first kappa shape index (κ1) is 16.0. The monoisotopic (exact) mass is 290 g/mol. The molecule has 1 N–H and O–H groups in total. The molecular formula is C18H23FO2. The van der Waals surface area contributed by atoms with Gasteiger partial charge in [0.15, 0.2) is 0 Å². The van der Waals surface area contributed by atoms with Crippen LogP contribution in [0.25, 0.3) is 0 Å². The third kappa shape index (κ3) is 5.49. The standard InChI is InChI=1S/C18H23FO2/c19-17-11-10-16(15(13-17)7-5-6-12-20)14-21-18-8-3-1-2-4-9-18/h10-11,13,18,20H,1-4,6,8-9,12,14H2. The highest BCUT2D eigenvalue weighted by Crippen LogP contribution is 2.21. The Labute approximate surface area is 126 Å². The molecule has 0 radical (unpaired) electrons. The number of ether oxygens (including phenoxy) is 1. The maximum absolute atomic E-state index is 13.3. The predicted octanol–water partition coefficient (Wildman–Crippen LogP) is 3.80. The second-order valence-corrected chi connectivity index (χ2v) is 5.50. The first-order valence-corrected chi connectivity index (χ1v) is 7.79. The molecule has 0 atom stereocenters. The van der Waals surface area contributed by atoms with Crippen LogP contribution in [0.1, 0.15) is 56.1 Å². The zero-order chi connectivity index (χ0) is 14.9. The van der Waals surface area contributed by atoms with Gasteiger partial charge in [-0.3, -0.25) is 0 Å². The number of hydrogen-bond acceptors (Lipinski definition) is 2. The molecule has 0 aromatic heterocycles. The molecule has 3 heteroatoms. The second-order valence-electron chi connectivity index (χ2n) is 5.50. The summed E-state index contributed by atoms with van der Waals surface area (Å²) in [6, 6.07) is 4.63. The van der Waals surface area contributed by atoms with Crippen LogP contribution in [0.4, 0.5) is 4.39 Å². The van der Waals surface area contributed by atoms with E-state index in [-0.39, 0.29) is 12.4 Å². The average molecular weight is 290 g/mol. The summed E-state index contributed by atoms with van der Waals surface area (Å²) in [4.78, 5) is 0. The Balaban J connectivity index is 1.99. The fraction of sp³-hybridized carbons (Fsp3) is 0.556. The van der Waals surface area contributed by atoms with Gasteiger partial charge in [-0.1, -0.05) is 43.6 Å². The summed E-state index contributed by atoms with van der Waals surface area (Å²) in [6.07, 6.45) is 8.02. The molecule has 1 aliphatic rings. The molecule has 0 heterocycles. The molecule has 1 fully saturated rings. The van der Waals surface area contributed by atoms with Crippen LogP contribution in [0, 0.1) is 17.7 Å². The Kier molecular flexibility index (Phi) is 6.72. The fourth-order valence-corrected chi connectivity index (χ4v) is 2.62. The Morgan fingerprint density at radius 3 is 2.67 bits per heavy atom. The predicted molar refractivity (Wildman–Crippen MR) is 81.3 cm³/mol. The highest BCUT2D eigenvalue weighted by Gasteiger charge is 2.13. The maximum atomic E-state index is 13.3. The van der Waals surface area contributed by atoms with Crippen LogP contribution in [0.2, 0.25) is 0 Å². The molecule has 0 aliphatic heterocycles. The van der Waals surface area contributed by atoms with Crippen LogP contribution in [0.3, 0.4) is 0 Å². The van der Waals surface area contributed by atoms with E-state index in [1.54, 1.807) is 6.07 Å². The number of rotatable bonds is 4. The summed E-state index contributed by atoms with van der Waals surface area (Å²) in [6.45, 7) is 0.504. The van der Waals surface area contributed by atoms with E-state index in [2.05, 4.69) is 11.8 Å². The quantitative estimate of drug-likeness (QED) is 0.675. The minimum absolute atomic E-state index is 0.0240. The number of aliphatic hydroxyl groups is 1. The van der Waals surface area contributed by atoms with E-state index < -0.39 is 0 Å². The molecular weight excluding hydrogens is 267 g/mol. The van der Waals surface area contributed by atoms with Crippen molar-refractivity contribution in [1.82, 2.24) is 0 Å². The fourth-order valence-electron chi connectivity index (χ4n) is 2.62. The highest BCUT2D eigenvalue weighted by molar-refractivity contribution is 5.41. The van der Waals surface area contributed by atoms with Gasteiger partial charge in [0.2, 0.25) is 0 Å². The van der Waals surface area contributed by atoms with E-state index in [0.717, 1.165) is 18.4 Å². The zero-order valence-electron chi connectivity index (χ0n) is 12.4. The number of hydrogen-bond donors (Lipinski definition) is 1. The first-order chi connectivity index (χ1) is 10.3. The molecule has 1 aliphatic carbocycles. The van der Waals surface area contributed by atoms with Gasteiger partial charge >= 0.3 is 0 Å². The molecule has 0 unspecified atom stereocenters. The summed E-state index contributed by atoms with van der Waals surface area (Å²) in [5.74, 6) is 5.48. The Hall–Kier alpha value is -1.37. The summed E-state index contributed by atoms with van der Waals surface area (Å²) in [5, 5.41) is 8.77. The van der Waals surface area contributed by atoms with Gasteiger partial charge in [0, 0.05) is 12.0 Å². The number of benzene rings is 1. The van der Waals surface area contributed by atoms with Crippen LogP contribution in [-0.2, 0) is 11.3 Å². The molecule has 2 nitrogen and oxygen atoms in total. The lowest BCUT2D eigenvalue weighted by Gasteiger charge is -2.16. The molecule has 2 rings (SSSR count). The van der Waals surface area contributed by atoms with Crippen LogP contribution in [0.5, 0.6) is 0 Å². The molecule has 0 saturated heterocycles. The van der Waals surface area contributed by atoms with E-state index in [0.29, 0.717) is 24.7 Å². The van der Waals surface area contributed by atoms with Crippen molar-refractivity contribution in [1.29, 1.82) is 0 Å². The van der Waals surface area contributed by atoms with Gasteiger partial charge in [0.25, 0.3) is 0 Å². The van der Waals surface area contributed by atoms with Gasteiger partial charge < -0.3 is 9.84 Å². The Morgan fingerprint density at radius 2 is 1.95 bits per heavy atom. The van der Waals surface area contributed by atoms with Crippen molar-refractivity contribution in [3.8, 4) is 11.8 Å². The van der Waals surface area contributed by atoms with E-state index in [1.165, 1.54) is 37.8 Å². The highest BCUT2D eigenvalue weighted by atomic mass is 19.1. The van der Waals surface area contributed by atoms with Crippen molar-refractivity contribution < 1.29 is 14.2 Å². The third-order valence-corrected chi connectivity index (χ3v) is 3.81. The lowest BCUT2D eigenvalue weighted by molar-refractivity contribution is 0.0308. The van der Waals surface area contributed by atoms with Crippen molar-refractivity contribution in [2.24, 2.45) is 0 Å². The Morgan fingerprint density at radius 1 is 1.19 bits per heavy atom. The van der Waals surface area contributed by atoms with Gasteiger partial charge in [-0.05, 0) is 30.5 Å². The van der Waals surface area contributed by atoms with Crippen LogP contribution >= 0.6 is 0 Å². The van der Waals surface area contributed by atoms with Crippen molar-refractivity contribution in [2.45, 2.75) is 57.7 Å². The van der Waals surface area contributed by atoms with Gasteiger partial charge in [0.1, 0.15) is 5.82 Å². The van der Waals surface area contributed by atoms with Crippen LogP contribution in [-0.4, -0.2) is 17.8 Å². The molecule has 114 valence electrons. The molecule has 0 spiro atoms. The third-order valence-electron chi connectivity index (χ3n) is 3.81. The van der Waals surface area contributed by atoms with E-state index in [4.69, 9.17) is 9.84 Å². The van der Waals surface area contributed by atoms with Gasteiger partial charge in [-0.2, -0.15) is 0 Å². The molecule has 21 heavy (non-hydrogen) atoms. The lowest BCUT2D eigenvalue weighted by atomic mass is 10.1. The smallest absolute Gasteiger partial charge is 0.124 e. The van der Waals surface area contributed by atoms with E-state index in [1.807, 2.05) is 0 Å². The number of halogens is 1. The van der Waals surface area contributed by atoms with Crippen LogP contribution < -0.4 is 0 Å². The maximum Gasteiger partial charge on any atom is 0.124 e. The minimum Gasteiger partial charge on any atom is -0.395 e. The number of aliphatic hydroxyl groups excluding tert-OH is 1. The van der Waals surface area contributed by atoms with Gasteiger partial charge in [-0.25, -0.2) is 4.39 Å². The summed E-state index contributed by atoms with van der Waals surface area (Å²) < 4.78 is 19.3. The van der Waals surface area contributed by atoms with Crippen molar-refractivity contribution in [3.63, 3.8) is 0 Å².